The number of hydrogen-bond acceptors (Lipinski definition) is 7. The maximum absolute atomic E-state index is 11.1. The van der Waals surface area contributed by atoms with E-state index in [0.29, 0.717) is 52.7 Å². The molecule has 0 bridgehead atoms. The lowest BCUT2D eigenvalue weighted by atomic mass is 10.3. The third kappa shape index (κ3) is 10.8. The summed E-state index contributed by atoms with van der Waals surface area (Å²) in [6, 6.07) is 0. The van der Waals surface area contributed by atoms with E-state index in [1.54, 1.807) is 0 Å². The third-order valence-electron chi connectivity index (χ3n) is 2.24. The number of hydrogen-bond donors (Lipinski definition) is 1. The largest absolute Gasteiger partial charge is 0.379 e. The molecule has 0 heterocycles. The first kappa shape index (κ1) is 18.3. The first-order chi connectivity index (χ1) is 9.26. The van der Waals surface area contributed by atoms with Gasteiger partial charge < -0.3 is 23.8 Å². The van der Waals surface area contributed by atoms with Gasteiger partial charge in [0.1, 0.15) is 0 Å². The van der Waals surface area contributed by atoms with Crippen molar-refractivity contribution < 1.29 is 28.6 Å². The van der Waals surface area contributed by atoms with Crippen molar-refractivity contribution in [1.29, 1.82) is 0 Å². The van der Waals surface area contributed by atoms with Gasteiger partial charge in [-0.05, 0) is 13.3 Å². The average molecular weight is 279 g/mol. The molecule has 0 saturated carbocycles. The van der Waals surface area contributed by atoms with Crippen LogP contribution in [-0.2, 0) is 28.6 Å². The third-order valence-corrected chi connectivity index (χ3v) is 2.24. The Kier molecular flexibility index (Phi) is 13.2. The lowest BCUT2D eigenvalue weighted by Crippen LogP contribution is -2.29. The van der Waals surface area contributed by atoms with E-state index in [2.05, 4.69) is 4.84 Å². The van der Waals surface area contributed by atoms with Crippen molar-refractivity contribution in [2.75, 3.05) is 46.2 Å². The Morgan fingerprint density at radius 3 is 1.95 bits per heavy atom. The Balaban J connectivity index is 3.28. The van der Waals surface area contributed by atoms with Crippen LogP contribution >= 0.6 is 0 Å². The molecule has 114 valence electrons. The van der Waals surface area contributed by atoms with Gasteiger partial charge in [-0.25, -0.2) is 4.79 Å². The van der Waals surface area contributed by atoms with E-state index in [0.717, 1.165) is 0 Å². The summed E-state index contributed by atoms with van der Waals surface area (Å²) in [5.41, 5.74) is 0. The molecule has 0 saturated heterocycles. The highest BCUT2D eigenvalue weighted by atomic mass is 16.7. The van der Waals surface area contributed by atoms with Gasteiger partial charge in [0.05, 0.1) is 39.6 Å². The van der Waals surface area contributed by atoms with Crippen LogP contribution in [0.5, 0.6) is 0 Å². The van der Waals surface area contributed by atoms with Gasteiger partial charge in [-0.3, -0.25) is 0 Å². The summed E-state index contributed by atoms with van der Waals surface area (Å²) in [5, 5.41) is 0. The Morgan fingerprint density at radius 2 is 1.47 bits per heavy atom. The molecule has 0 spiro atoms. The van der Waals surface area contributed by atoms with E-state index in [1.807, 2.05) is 13.8 Å². The summed E-state index contributed by atoms with van der Waals surface area (Å²) in [6.07, 6.45) is -0.118. The Hall–Kier alpha value is -0.730. The molecule has 0 aliphatic rings. The van der Waals surface area contributed by atoms with Crippen molar-refractivity contribution in [2.45, 2.75) is 26.4 Å². The zero-order chi connectivity index (χ0) is 14.3. The summed E-state index contributed by atoms with van der Waals surface area (Å²) in [5.74, 6) is 4.21. The molecule has 0 radical (unpaired) electrons. The van der Waals surface area contributed by atoms with Crippen LogP contribution in [0.2, 0.25) is 0 Å². The fraction of sp³-hybridized carbons (Fsp3) is 0.917. The van der Waals surface area contributed by atoms with Crippen molar-refractivity contribution >= 4 is 5.97 Å². The molecule has 0 rings (SSSR count). The van der Waals surface area contributed by atoms with E-state index in [1.165, 1.54) is 0 Å². The number of rotatable bonds is 13. The highest BCUT2D eigenvalue weighted by molar-refractivity contribution is 5.74. The number of nitrogens with two attached hydrogens (primary N) is 1. The van der Waals surface area contributed by atoms with E-state index in [4.69, 9.17) is 24.8 Å². The number of carbonyl (C=O) groups is 1. The zero-order valence-electron chi connectivity index (χ0n) is 11.8. The zero-order valence-corrected chi connectivity index (χ0v) is 11.8. The van der Waals surface area contributed by atoms with Gasteiger partial charge in [0, 0.05) is 6.61 Å². The minimum Gasteiger partial charge on any atom is -0.379 e. The number of carbonyl (C=O) groups excluding carboxylic acids is 1. The lowest BCUT2D eigenvalue weighted by Gasteiger charge is -2.13. The highest BCUT2D eigenvalue weighted by Gasteiger charge is 2.17. The minimum absolute atomic E-state index is 0.312. The van der Waals surface area contributed by atoms with Crippen LogP contribution < -0.4 is 5.90 Å². The predicted octanol–water partition coefficient (Wildman–Crippen LogP) is 0.268. The maximum atomic E-state index is 11.1. The molecule has 1 unspecified atom stereocenters. The van der Waals surface area contributed by atoms with E-state index in [-0.39, 0.29) is 0 Å². The van der Waals surface area contributed by atoms with Crippen LogP contribution in [0, 0.1) is 0 Å². The minimum atomic E-state index is -0.629. The smallest absolute Gasteiger partial charge is 0.353 e. The monoisotopic (exact) mass is 279 g/mol. The summed E-state index contributed by atoms with van der Waals surface area (Å²) >= 11 is 0. The molecule has 2 N–H and O–H groups in total. The Labute approximate surface area is 114 Å². The second-order valence-electron chi connectivity index (χ2n) is 3.63. The summed E-state index contributed by atoms with van der Waals surface area (Å²) in [7, 11) is 0. The van der Waals surface area contributed by atoms with Crippen LogP contribution in [0.4, 0.5) is 0 Å². The van der Waals surface area contributed by atoms with Crippen molar-refractivity contribution in [3.63, 3.8) is 0 Å². The van der Waals surface area contributed by atoms with Crippen LogP contribution in [0.15, 0.2) is 0 Å². The normalized spacial score (nSPS) is 12.4. The van der Waals surface area contributed by atoms with Gasteiger partial charge in [0.15, 0.2) is 6.10 Å². The summed E-state index contributed by atoms with van der Waals surface area (Å²) < 4.78 is 20.9. The molecule has 7 heteroatoms. The molecular weight excluding hydrogens is 254 g/mol. The lowest BCUT2D eigenvalue weighted by molar-refractivity contribution is -0.159. The second kappa shape index (κ2) is 13.7. The molecule has 0 aromatic heterocycles. The molecule has 0 aliphatic heterocycles. The Bertz CT molecular complexity index is 214. The SMILES string of the molecule is CCOCCOCCOCCOC(CC)C(=O)ON. The van der Waals surface area contributed by atoms with Gasteiger partial charge >= 0.3 is 5.97 Å². The molecule has 7 nitrogen and oxygen atoms in total. The Morgan fingerprint density at radius 1 is 0.947 bits per heavy atom. The number of ether oxygens (including phenoxy) is 4. The molecule has 0 amide bonds. The fourth-order valence-electron chi connectivity index (χ4n) is 1.26. The molecule has 19 heavy (non-hydrogen) atoms. The quantitative estimate of drug-likeness (QED) is 0.382. The molecular formula is C12H25NO6. The van der Waals surface area contributed by atoms with E-state index < -0.39 is 12.1 Å². The van der Waals surface area contributed by atoms with Gasteiger partial charge in [-0.15, -0.1) is 0 Å². The molecule has 0 aromatic carbocycles. The fourth-order valence-corrected chi connectivity index (χ4v) is 1.26. The molecule has 0 aromatic rings. The van der Waals surface area contributed by atoms with Crippen molar-refractivity contribution in [1.82, 2.24) is 0 Å². The molecule has 0 fully saturated rings. The molecule has 1 atom stereocenters. The maximum Gasteiger partial charge on any atom is 0.353 e. The van der Waals surface area contributed by atoms with Gasteiger partial charge in [0.25, 0.3) is 0 Å². The second-order valence-corrected chi connectivity index (χ2v) is 3.63. The summed E-state index contributed by atoms with van der Waals surface area (Å²) in [6.45, 7) is 7.30. The van der Waals surface area contributed by atoms with Crippen molar-refractivity contribution in [3.05, 3.63) is 0 Å². The van der Waals surface area contributed by atoms with Crippen molar-refractivity contribution in [2.24, 2.45) is 5.90 Å². The predicted molar refractivity (Wildman–Crippen MR) is 68.4 cm³/mol. The van der Waals surface area contributed by atoms with Gasteiger partial charge in [-0.2, -0.15) is 5.90 Å². The first-order valence-electron chi connectivity index (χ1n) is 6.51. The van der Waals surface area contributed by atoms with Gasteiger partial charge in [0.2, 0.25) is 0 Å². The van der Waals surface area contributed by atoms with Crippen LogP contribution in [0.1, 0.15) is 20.3 Å². The van der Waals surface area contributed by atoms with Crippen LogP contribution in [0.25, 0.3) is 0 Å². The highest BCUT2D eigenvalue weighted by Crippen LogP contribution is 1.99. The van der Waals surface area contributed by atoms with Gasteiger partial charge in [-0.1, -0.05) is 6.92 Å². The average Bonchev–Trinajstić information content (AvgIpc) is 2.44. The summed E-state index contributed by atoms with van der Waals surface area (Å²) in [4.78, 5) is 15.2. The molecule has 0 aliphatic carbocycles. The van der Waals surface area contributed by atoms with Crippen molar-refractivity contribution in [3.8, 4) is 0 Å². The van der Waals surface area contributed by atoms with Crippen LogP contribution in [-0.4, -0.2) is 58.3 Å². The standard InChI is InChI=1S/C12H25NO6/c1-3-11(12(14)19-13)18-10-9-17-8-7-16-6-5-15-4-2/h11H,3-10,13H2,1-2H3. The van der Waals surface area contributed by atoms with Crippen LogP contribution in [0.3, 0.4) is 0 Å². The topological polar surface area (TPSA) is 89.2 Å². The first-order valence-corrected chi connectivity index (χ1v) is 6.51. The van der Waals surface area contributed by atoms with E-state index in [9.17, 15) is 4.79 Å². The van der Waals surface area contributed by atoms with E-state index >= 15 is 0 Å².